The van der Waals surface area contributed by atoms with Crippen LogP contribution in [0.3, 0.4) is 0 Å². The molecule has 4 aromatic carbocycles. The van der Waals surface area contributed by atoms with E-state index in [1.54, 1.807) is 60.7 Å². The normalized spacial score (nSPS) is 13.3. The molecular weight excluding hydrogens is 494 g/mol. The van der Waals surface area contributed by atoms with E-state index in [0.717, 1.165) is 5.56 Å². The van der Waals surface area contributed by atoms with Gasteiger partial charge in [0.15, 0.2) is 5.11 Å². The average Bonchev–Trinajstić information content (AvgIpc) is 2.96. The van der Waals surface area contributed by atoms with Crippen molar-refractivity contribution < 1.29 is 14.3 Å². The predicted octanol–water partition coefficient (Wildman–Crippen LogP) is 5.89. The minimum Gasteiger partial charge on any atom is -0.489 e. The van der Waals surface area contributed by atoms with Gasteiger partial charge < -0.3 is 4.74 Å². The number of para-hydroxylation sites is 2. The maximum Gasteiger partial charge on any atom is 0.270 e. The number of hydrogen-bond acceptors (Lipinski definition) is 5. The summed E-state index contributed by atoms with van der Waals surface area (Å²) in [7, 11) is 0. The average molecular weight is 516 g/mol. The maximum absolute atomic E-state index is 13.6. The van der Waals surface area contributed by atoms with Crippen LogP contribution in [0.4, 0.5) is 11.4 Å². The van der Waals surface area contributed by atoms with Gasteiger partial charge in [0.2, 0.25) is 0 Å². The number of carbonyl (C=O) groups is 2. The molecule has 1 fully saturated rings. The quantitative estimate of drug-likeness (QED) is 0.182. The van der Waals surface area contributed by atoms with E-state index in [0.29, 0.717) is 28.3 Å². The summed E-state index contributed by atoms with van der Waals surface area (Å²) in [5.74, 6) is -0.391. The summed E-state index contributed by atoms with van der Waals surface area (Å²) in [6.45, 7) is 0.247. The summed E-state index contributed by atoms with van der Waals surface area (Å²) >= 11 is 5.63. The van der Waals surface area contributed by atoms with Gasteiger partial charge in [-0.3, -0.25) is 19.4 Å². The van der Waals surface area contributed by atoms with Gasteiger partial charge in [-0.25, -0.2) is 0 Å². The molecule has 184 valence electrons. The second-order valence-corrected chi connectivity index (χ2v) is 8.78. The zero-order chi connectivity index (χ0) is 26.5. The van der Waals surface area contributed by atoms with Crippen LogP contribution in [0.1, 0.15) is 16.7 Å². The van der Waals surface area contributed by atoms with Crippen molar-refractivity contribution in [3.63, 3.8) is 0 Å². The summed E-state index contributed by atoms with van der Waals surface area (Å²) in [6.07, 6.45) is 1.56. The lowest BCUT2D eigenvalue weighted by atomic mass is 10.0. The minimum atomic E-state index is -0.494. The van der Waals surface area contributed by atoms with Gasteiger partial charge in [-0.2, -0.15) is 5.26 Å². The molecule has 2 amide bonds. The highest BCUT2D eigenvalue weighted by molar-refractivity contribution is 7.81. The van der Waals surface area contributed by atoms with E-state index < -0.39 is 11.8 Å². The van der Waals surface area contributed by atoms with Crippen LogP contribution < -0.4 is 14.5 Å². The molecule has 1 aliphatic heterocycles. The minimum absolute atomic E-state index is 0.0112. The molecule has 7 heteroatoms. The van der Waals surface area contributed by atoms with Crippen LogP contribution in [-0.2, 0) is 16.2 Å². The largest absolute Gasteiger partial charge is 0.489 e. The Bertz CT molecular complexity index is 1510. The number of benzene rings is 4. The van der Waals surface area contributed by atoms with Crippen molar-refractivity contribution in [1.29, 1.82) is 5.26 Å². The van der Waals surface area contributed by atoms with Crippen molar-refractivity contribution >= 4 is 46.6 Å². The van der Waals surface area contributed by atoms with Crippen molar-refractivity contribution in [2.75, 3.05) is 9.80 Å². The Morgan fingerprint density at radius 3 is 1.82 bits per heavy atom. The summed E-state index contributed by atoms with van der Waals surface area (Å²) in [5.41, 5.74) is 3.14. The third kappa shape index (κ3) is 4.94. The lowest BCUT2D eigenvalue weighted by Gasteiger charge is -2.36. The molecule has 1 heterocycles. The molecule has 0 bridgehead atoms. The first-order chi connectivity index (χ1) is 18.6. The van der Waals surface area contributed by atoms with Crippen molar-refractivity contribution in [2.24, 2.45) is 0 Å². The summed E-state index contributed by atoms with van der Waals surface area (Å²) in [4.78, 5) is 29.9. The molecule has 0 N–H and O–H groups in total. The third-order valence-corrected chi connectivity index (χ3v) is 6.37. The van der Waals surface area contributed by atoms with Gasteiger partial charge >= 0.3 is 0 Å². The predicted molar refractivity (Wildman–Crippen MR) is 150 cm³/mol. The van der Waals surface area contributed by atoms with Crippen LogP contribution in [0, 0.1) is 11.3 Å². The molecule has 0 unspecified atom stereocenters. The van der Waals surface area contributed by atoms with Gasteiger partial charge in [-0.15, -0.1) is 0 Å². The molecule has 0 spiro atoms. The Balaban J connectivity index is 1.45. The van der Waals surface area contributed by atoms with E-state index in [-0.39, 0.29) is 17.3 Å². The number of carbonyl (C=O) groups excluding carboxylic acids is 2. The number of hydrogen-bond donors (Lipinski definition) is 0. The number of rotatable bonds is 6. The molecule has 6 nitrogen and oxygen atoms in total. The van der Waals surface area contributed by atoms with Crippen molar-refractivity contribution in [3.8, 4) is 11.8 Å². The Labute approximate surface area is 225 Å². The molecule has 0 radical (unpaired) electrons. The van der Waals surface area contributed by atoms with Crippen molar-refractivity contribution in [2.45, 2.75) is 6.61 Å². The van der Waals surface area contributed by atoms with Crippen LogP contribution in [0.25, 0.3) is 6.08 Å². The smallest absolute Gasteiger partial charge is 0.270 e. The maximum atomic E-state index is 13.6. The number of ether oxygens (including phenoxy) is 1. The van der Waals surface area contributed by atoms with Crippen LogP contribution in [0.5, 0.6) is 5.75 Å². The van der Waals surface area contributed by atoms with Crippen molar-refractivity contribution in [3.05, 3.63) is 131 Å². The molecule has 0 atom stereocenters. The van der Waals surface area contributed by atoms with E-state index in [2.05, 4.69) is 6.07 Å². The fourth-order valence-electron chi connectivity index (χ4n) is 4.08. The topological polar surface area (TPSA) is 73.6 Å². The first-order valence-corrected chi connectivity index (χ1v) is 12.2. The molecule has 1 aliphatic rings. The van der Waals surface area contributed by atoms with Gasteiger partial charge in [-0.1, -0.05) is 66.7 Å². The molecular formula is C31H21N3O3S. The molecule has 0 aromatic heterocycles. The SMILES string of the molecule is N#Cc1ccccc1COc1ccc(C=C2C(=O)N(c3ccccc3)C(=S)N(c3ccccc3)C2=O)cc1. The summed E-state index contributed by atoms with van der Waals surface area (Å²) in [5, 5.41) is 9.36. The monoisotopic (exact) mass is 515 g/mol. The van der Waals surface area contributed by atoms with E-state index >= 15 is 0 Å². The Kier molecular flexibility index (Phi) is 7.07. The lowest BCUT2D eigenvalue weighted by Crippen LogP contribution is -2.56. The summed E-state index contributed by atoms with van der Waals surface area (Å²) < 4.78 is 5.85. The number of thiocarbonyl (C=S) groups is 1. The van der Waals surface area contributed by atoms with Gasteiger partial charge in [0.25, 0.3) is 11.8 Å². The highest BCUT2D eigenvalue weighted by Gasteiger charge is 2.41. The zero-order valence-corrected chi connectivity index (χ0v) is 21.0. The second kappa shape index (κ2) is 10.9. The number of anilines is 2. The highest BCUT2D eigenvalue weighted by Crippen LogP contribution is 2.30. The number of nitriles is 1. The van der Waals surface area contributed by atoms with E-state index in [9.17, 15) is 14.9 Å². The van der Waals surface area contributed by atoms with E-state index in [1.165, 1.54) is 9.80 Å². The van der Waals surface area contributed by atoms with E-state index in [1.807, 2.05) is 54.6 Å². The first kappa shape index (κ1) is 24.6. The molecule has 5 rings (SSSR count). The van der Waals surface area contributed by atoms with Gasteiger partial charge in [-0.05, 0) is 66.3 Å². The fraction of sp³-hybridized carbons (Fsp3) is 0.0323. The first-order valence-electron chi connectivity index (χ1n) is 11.8. The van der Waals surface area contributed by atoms with Gasteiger partial charge in [0.05, 0.1) is 23.0 Å². The second-order valence-electron chi connectivity index (χ2n) is 8.42. The molecule has 38 heavy (non-hydrogen) atoms. The van der Waals surface area contributed by atoms with Crippen molar-refractivity contribution in [1.82, 2.24) is 0 Å². The Morgan fingerprint density at radius 1 is 0.737 bits per heavy atom. The lowest BCUT2D eigenvalue weighted by molar-refractivity contribution is -0.120. The highest BCUT2D eigenvalue weighted by atomic mass is 32.1. The fourth-order valence-corrected chi connectivity index (χ4v) is 4.46. The van der Waals surface area contributed by atoms with Crippen LogP contribution in [0.15, 0.2) is 115 Å². The van der Waals surface area contributed by atoms with Gasteiger partial charge in [0.1, 0.15) is 17.9 Å². The van der Waals surface area contributed by atoms with Crippen LogP contribution in [-0.4, -0.2) is 16.9 Å². The Morgan fingerprint density at radius 2 is 1.26 bits per heavy atom. The molecule has 1 saturated heterocycles. The zero-order valence-electron chi connectivity index (χ0n) is 20.2. The standard InChI is InChI=1S/C31H21N3O3S/c32-20-23-9-7-8-10-24(23)21-37-27-17-15-22(16-18-27)19-28-29(35)33(25-11-3-1-4-12-25)31(38)34(30(28)36)26-13-5-2-6-14-26/h1-19H,21H2. The molecule has 0 saturated carbocycles. The van der Waals surface area contributed by atoms with Crippen LogP contribution in [0.2, 0.25) is 0 Å². The third-order valence-electron chi connectivity index (χ3n) is 6.00. The number of nitrogens with zero attached hydrogens (tertiary/aromatic N) is 3. The van der Waals surface area contributed by atoms with E-state index in [4.69, 9.17) is 17.0 Å². The molecule has 4 aromatic rings. The van der Waals surface area contributed by atoms with Gasteiger partial charge in [0, 0.05) is 5.56 Å². The Hall–Kier alpha value is -5.06. The molecule has 0 aliphatic carbocycles. The van der Waals surface area contributed by atoms with Crippen LogP contribution >= 0.6 is 12.2 Å². The summed E-state index contributed by atoms with van der Waals surface area (Å²) in [6, 6.07) is 34.5. The number of amides is 2.